The first-order valence-corrected chi connectivity index (χ1v) is 9.53. The van der Waals surface area contributed by atoms with Gasteiger partial charge in [-0.2, -0.15) is 0 Å². The van der Waals surface area contributed by atoms with Crippen molar-refractivity contribution >= 4 is 33.2 Å². The molecule has 24 heavy (non-hydrogen) atoms. The van der Waals surface area contributed by atoms with Gasteiger partial charge in [-0.15, -0.1) is 0 Å². The van der Waals surface area contributed by atoms with Gasteiger partial charge in [-0.3, -0.25) is 14.3 Å². The Labute approximate surface area is 142 Å². The third kappa shape index (κ3) is 4.47. The lowest BCUT2D eigenvalue weighted by Crippen LogP contribution is -2.37. The summed E-state index contributed by atoms with van der Waals surface area (Å²) in [5.74, 6) is -1.54. The number of anilines is 2. The average molecular weight is 353 g/mol. The van der Waals surface area contributed by atoms with Crippen molar-refractivity contribution < 1.29 is 18.0 Å². The van der Waals surface area contributed by atoms with Crippen LogP contribution in [0.5, 0.6) is 0 Å². The quantitative estimate of drug-likeness (QED) is 0.712. The van der Waals surface area contributed by atoms with Gasteiger partial charge in [0.15, 0.2) is 0 Å². The molecule has 0 bridgehead atoms. The van der Waals surface area contributed by atoms with E-state index in [1.165, 1.54) is 6.07 Å². The molecule has 7 nitrogen and oxygen atoms in total. The Morgan fingerprint density at radius 2 is 1.88 bits per heavy atom. The summed E-state index contributed by atoms with van der Waals surface area (Å²) < 4.78 is 24.9. The van der Waals surface area contributed by atoms with Gasteiger partial charge in [0.1, 0.15) is 5.92 Å². The summed E-state index contributed by atoms with van der Waals surface area (Å²) in [5, 5.41) is 5.45. The summed E-state index contributed by atoms with van der Waals surface area (Å²) in [5.41, 5.74) is 0.584. The largest absolute Gasteiger partial charge is 0.355 e. The van der Waals surface area contributed by atoms with E-state index < -0.39 is 15.9 Å². The Morgan fingerprint density at radius 3 is 2.46 bits per heavy atom. The topological polar surface area (TPSA) is 104 Å². The van der Waals surface area contributed by atoms with Gasteiger partial charge >= 0.3 is 0 Å². The van der Waals surface area contributed by atoms with Gasteiger partial charge in [0, 0.05) is 18.2 Å². The van der Waals surface area contributed by atoms with Crippen LogP contribution in [0.4, 0.5) is 11.4 Å². The molecule has 0 spiro atoms. The zero-order valence-corrected chi connectivity index (χ0v) is 15.0. The lowest BCUT2D eigenvalue weighted by molar-refractivity contribution is -0.132. The molecule has 2 amide bonds. The summed E-state index contributed by atoms with van der Waals surface area (Å²) in [6, 6.07) is 6.36. The minimum absolute atomic E-state index is 0.109. The van der Waals surface area contributed by atoms with Gasteiger partial charge in [-0.1, -0.05) is 26.8 Å². The molecule has 0 aromatic heterocycles. The monoisotopic (exact) mass is 353 g/mol. The fourth-order valence-electron chi connectivity index (χ4n) is 2.82. The van der Waals surface area contributed by atoms with E-state index in [1.807, 2.05) is 20.8 Å². The molecule has 1 aliphatic rings. The maximum absolute atomic E-state index is 12.6. The zero-order chi connectivity index (χ0) is 18.1. The predicted molar refractivity (Wildman–Crippen MR) is 93.0 cm³/mol. The number of carbonyl (C=O) groups excluding carboxylic acids is 2. The molecular formula is C16H23N3O4S. The van der Waals surface area contributed by atoms with Gasteiger partial charge in [0.05, 0.1) is 11.9 Å². The summed E-state index contributed by atoms with van der Waals surface area (Å²) in [4.78, 5) is 24.6. The van der Waals surface area contributed by atoms with Crippen molar-refractivity contribution in [3.05, 3.63) is 24.3 Å². The van der Waals surface area contributed by atoms with Crippen LogP contribution in [0.1, 0.15) is 20.8 Å². The summed E-state index contributed by atoms with van der Waals surface area (Å²) in [7, 11) is -3.40. The average Bonchev–Trinajstić information content (AvgIpc) is 2.79. The van der Waals surface area contributed by atoms with Crippen LogP contribution >= 0.6 is 0 Å². The second-order valence-electron chi connectivity index (χ2n) is 7.14. The fraction of sp³-hybridized carbons (Fsp3) is 0.500. The molecule has 2 atom stereocenters. The van der Waals surface area contributed by atoms with Crippen molar-refractivity contribution in [1.29, 1.82) is 0 Å². The highest BCUT2D eigenvalue weighted by atomic mass is 32.2. The molecule has 3 N–H and O–H groups in total. The van der Waals surface area contributed by atoms with Crippen LogP contribution < -0.4 is 15.4 Å². The van der Waals surface area contributed by atoms with E-state index in [1.54, 1.807) is 18.2 Å². The van der Waals surface area contributed by atoms with E-state index in [9.17, 15) is 18.0 Å². The van der Waals surface area contributed by atoms with Crippen molar-refractivity contribution in [2.75, 3.05) is 22.8 Å². The van der Waals surface area contributed by atoms with Gasteiger partial charge < -0.3 is 10.6 Å². The minimum Gasteiger partial charge on any atom is -0.355 e. The third-order valence-electron chi connectivity index (χ3n) is 4.01. The van der Waals surface area contributed by atoms with E-state index >= 15 is 0 Å². The predicted octanol–water partition coefficient (Wildman–Crippen LogP) is 1.40. The van der Waals surface area contributed by atoms with Crippen molar-refractivity contribution in [3.8, 4) is 0 Å². The maximum atomic E-state index is 12.6. The van der Waals surface area contributed by atoms with E-state index in [4.69, 9.17) is 0 Å². The second-order valence-corrected chi connectivity index (χ2v) is 8.89. The Morgan fingerprint density at radius 1 is 1.25 bits per heavy atom. The Hall–Kier alpha value is -2.09. The molecule has 1 aromatic rings. The van der Waals surface area contributed by atoms with Crippen molar-refractivity contribution in [1.82, 2.24) is 5.32 Å². The van der Waals surface area contributed by atoms with Gasteiger partial charge in [0.25, 0.3) is 0 Å². The van der Waals surface area contributed by atoms with Crippen LogP contribution in [0.3, 0.4) is 0 Å². The Kier molecular flexibility index (Phi) is 4.89. The highest BCUT2D eigenvalue weighted by molar-refractivity contribution is 7.92. The first kappa shape index (κ1) is 18.3. The number of hydrogen-bond donors (Lipinski definition) is 3. The molecule has 0 radical (unpaired) electrons. The van der Waals surface area contributed by atoms with Gasteiger partial charge in [0.2, 0.25) is 21.8 Å². The molecule has 0 saturated carbocycles. The molecule has 8 heteroatoms. The van der Waals surface area contributed by atoms with Crippen LogP contribution in [-0.2, 0) is 19.6 Å². The molecule has 2 rings (SSSR count). The summed E-state index contributed by atoms with van der Waals surface area (Å²) in [6.45, 7) is 6.45. The number of benzene rings is 1. The van der Waals surface area contributed by atoms with E-state index in [0.717, 1.165) is 6.26 Å². The fourth-order valence-corrected chi connectivity index (χ4v) is 3.38. The summed E-state index contributed by atoms with van der Waals surface area (Å²) >= 11 is 0. The van der Waals surface area contributed by atoms with E-state index in [0.29, 0.717) is 17.9 Å². The van der Waals surface area contributed by atoms with Gasteiger partial charge in [-0.25, -0.2) is 8.42 Å². The number of hydrogen-bond acceptors (Lipinski definition) is 4. The summed E-state index contributed by atoms with van der Waals surface area (Å²) in [6.07, 6.45) is 1.05. The lowest BCUT2D eigenvalue weighted by atomic mass is 9.74. The molecule has 1 aromatic carbocycles. The van der Waals surface area contributed by atoms with Crippen molar-refractivity contribution in [2.45, 2.75) is 20.8 Å². The number of amides is 2. The standard InChI is InChI=1S/C16H23N3O4S/c1-16(2,3)12-9-17-14(20)13(12)15(21)18-10-6-5-7-11(8-10)19-24(4,22)23/h5-8,12-13,19H,9H2,1-4H3,(H,17,20)(H,18,21)/t12-,13+/m0/s1. The van der Waals surface area contributed by atoms with Crippen LogP contribution in [0.2, 0.25) is 0 Å². The molecule has 1 saturated heterocycles. The van der Waals surface area contributed by atoms with Crippen LogP contribution in [0.15, 0.2) is 24.3 Å². The first-order valence-electron chi connectivity index (χ1n) is 7.64. The normalized spacial score (nSPS) is 21.2. The SMILES string of the molecule is CC(C)(C)[C@H]1CNC(=O)[C@@H]1C(=O)Nc1cccc(NS(C)(=O)=O)c1. The molecule has 0 unspecified atom stereocenters. The van der Waals surface area contributed by atoms with Crippen molar-refractivity contribution in [3.63, 3.8) is 0 Å². The molecule has 1 heterocycles. The number of carbonyl (C=O) groups is 2. The number of rotatable bonds is 4. The maximum Gasteiger partial charge on any atom is 0.237 e. The van der Waals surface area contributed by atoms with E-state index in [2.05, 4.69) is 15.4 Å². The highest BCUT2D eigenvalue weighted by Gasteiger charge is 2.45. The molecule has 132 valence electrons. The molecule has 1 aliphatic heterocycles. The Bertz CT molecular complexity index is 753. The zero-order valence-electron chi connectivity index (χ0n) is 14.2. The van der Waals surface area contributed by atoms with Crippen LogP contribution in [-0.4, -0.2) is 33.0 Å². The number of sulfonamides is 1. The molecule has 1 fully saturated rings. The first-order chi connectivity index (χ1) is 11.0. The van der Waals surface area contributed by atoms with E-state index in [-0.39, 0.29) is 23.1 Å². The smallest absolute Gasteiger partial charge is 0.237 e. The molecule has 0 aliphatic carbocycles. The van der Waals surface area contributed by atoms with Gasteiger partial charge in [-0.05, 0) is 23.6 Å². The number of nitrogens with one attached hydrogen (secondary N) is 3. The minimum atomic E-state index is -3.40. The van der Waals surface area contributed by atoms with Crippen molar-refractivity contribution in [2.24, 2.45) is 17.3 Å². The van der Waals surface area contributed by atoms with Crippen LogP contribution in [0, 0.1) is 17.3 Å². The molecular weight excluding hydrogens is 330 g/mol. The highest BCUT2D eigenvalue weighted by Crippen LogP contribution is 2.35. The van der Waals surface area contributed by atoms with Crippen LogP contribution in [0.25, 0.3) is 0 Å². The lowest BCUT2D eigenvalue weighted by Gasteiger charge is -2.29. The third-order valence-corrected chi connectivity index (χ3v) is 4.62. The second kappa shape index (κ2) is 6.43. The Balaban J connectivity index is 2.17.